The third kappa shape index (κ3) is 3.64. The molecule has 7 heteroatoms. The minimum absolute atomic E-state index is 0.0344. The molecule has 0 aliphatic heterocycles. The lowest BCUT2D eigenvalue weighted by Gasteiger charge is -2.09. The van der Waals surface area contributed by atoms with Crippen LogP contribution in [-0.4, -0.2) is 21.5 Å². The Hall–Kier alpha value is -0.820. The number of anilines is 1. The standard InChI is InChI=1S/C9H14ClN3O2S/c10-8-3-2-7(16(12,14)15)6-9(8)13-5-1-4-11/h2-3,6,13H,1,4-5,11H2,(H2,12,14,15). The van der Waals surface area contributed by atoms with Gasteiger partial charge in [0.25, 0.3) is 0 Å². The quantitative estimate of drug-likeness (QED) is 0.683. The number of hydrogen-bond acceptors (Lipinski definition) is 4. The molecule has 0 bridgehead atoms. The fourth-order valence-electron chi connectivity index (χ4n) is 1.14. The summed E-state index contributed by atoms with van der Waals surface area (Å²) in [6.07, 6.45) is 0.774. The Kier molecular flexibility index (Phi) is 4.55. The number of benzene rings is 1. The van der Waals surface area contributed by atoms with Crippen LogP contribution in [0.25, 0.3) is 0 Å². The Morgan fingerprint density at radius 3 is 2.62 bits per heavy atom. The van der Waals surface area contributed by atoms with E-state index in [9.17, 15) is 8.42 Å². The smallest absolute Gasteiger partial charge is 0.238 e. The van der Waals surface area contributed by atoms with Gasteiger partial charge in [-0.25, -0.2) is 13.6 Å². The van der Waals surface area contributed by atoms with Crippen molar-refractivity contribution in [1.29, 1.82) is 0 Å². The van der Waals surface area contributed by atoms with E-state index in [2.05, 4.69) is 5.32 Å². The molecule has 1 aromatic rings. The van der Waals surface area contributed by atoms with E-state index in [1.54, 1.807) is 0 Å². The van der Waals surface area contributed by atoms with Gasteiger partial charge in [-0.05, 0) is 31.2 Å². The average molecular weight is 264 g/mol. The summed E-state index contributed by atoms with van der Waals surface area (Å²) >= 11 is 5.90. The van der Waals surface area contributed by atoms with Gasteiger partial charge in [0, 0.05) is 6.54 Å². The van der Waals surface area contributed by atoms with Crippen LogP contribution in [-0.2, 0) is 10.0 Å². The van der Waals surface area contributed by atoms with Gasteiger partial charge in [-0.3, -0.25) is 0 Å². The molecule has 0 aliphatic rings. The summed E-state index contributed by atoms with van der Waals surface area (Å²) in [5, 5.41) is 8.45. The largest absolute Gasteiger partial charge is 0.384 e. The molecule has 16 heavy (non-hydrogen) atoms. The number of nitrogens with two attached hydrogens (primary N) is 2. The Labute approximate surface area is 99.8 Å². The van der Waals surface area contributed by atoms with Crippen LogP contribution >= 0.6 is 11.6 Å². The van der Waals surface area contributed by atoms with Crippen LogP contribution in [0.1, 0.15) is 6.42 Å². The van der Waals surface area contributed by atoms with E-state index in [0.29, 0.717) is 23.8 Å². The van der Waals surface area contributed by atoms with E-state index in [0.717, 1.165) is 6.42 Å². The van der Waals surface area contributed by atoms with Gasteiger partial charge in [-0.1, -0.05) is 11.6 Å². The first-order valence-corrected chi connectivity index (χ1v) is 6.64. The first kappa shape index (κ1) is 13.2. The lowest BCUT2D eigenvalue weighted by Crippen LogP contribution is -2.13. The summed E-state index contributed by atoms with van der Waals surface area (Å²) in [4.78, 5) is 0.0344. The fourth-order valence-corrected chi connectivity index (χ4v) is 1.87. The van der Waals surface area contributed by atoms with E-state index in [1.807, 2.05) is 0 Å². The first-order valence-electron chi connectivity index (χ1n) is 4.71. The second-order valence-electron chi connectivity index (χ2n) is 3.26. The summed E-state index contributed by atoms with van der Waals surface area (Å²) in [6.45, 7) is 1.18. The summed E-state index contributed by atoms with van der Waals surface area (Å²) in [5.41, 5.74) is 5.88. The second-order valence-corrected chi connectivity index (χ2v) is 5.22. The molecule has 0 heterocycles. The fraction of sp³-hybridized carbons (Fsp3) is 0.333. The van der Waals surface area contributed by atoms with Crippen LogP contribution < -0.4 is 16.2 Å². The minimum Gasteiger partial charge on any atom is -0.384 e. The van der Waals surface area contributed by atoms with E-state index in [4.69, 9.17) is 22.5 Å². The van der Waals surface area contributed by atoms with Crippen molar-refractivity contribution in [3.63, 3.8) is 0 Å². The Balaban J connectivity index is 2.91. The Morgan fingerprint density at radius 1 is 1.38 bits per heavy atom. The highest BCUT2D eigenvalue weighted by Gasteiger charge is 2.10. The van der Waals surface area contributed by atoms with Crippen molar-refractivity contribution in [3.8, 4) is 0 Å². The predicted molar refractivity (Wildman–Crippen MR) is 65.0 cm³/mol. The Bertz CT molecular complexity index is 462. The van der Waals surface area contributed by atoms with Gasteiger partial charge in [0.15, 0.2) is 0 Å². The normalized spacial score (nSPS) is 11.4. The topological polar surface area (TPSA) is 98.2 Å². The van der Waals surface area contributed by atoms with E-state index in [-0.39, 0.29) is 4.90 Å². The molecule has 0 unspecified atom stereocenters. The van der Waals surface area contributed by atoms with Crippen molar-refractivity contribution < 1.29 is 8.42 Å². The third-order valence-electron chi connectivity index (χ3n) is 1.96. The number of nitrogens with one attached hydrogen (secondary N) is 1. The molecular weight excluding hydrogens is 250 g/mol. The molecule has 0 saturated carbocycles. The maximum atomic E-state index is 11.1. The molecule has 0 radical (unpaired) electrons. The number of sulfonamides is 1. The minimum atomic E-state index is -3.70. The molecule has 5 N–H and O–H groups in total. The second kappa shape index (κ2) is 5.49. The maximum absolute atomic E-state index is 11.1. The zero-order chi connectivity index (χ0) is 12.2. The monoisotopic (exact) mass is 263 g/mol. The van der Waals surface area contributed by atoms with Crippen molar-refractivity contribution in [2.45, 2.75) is 11.3 Å². The number of halogens is 1. The maximum Gasteiger partial charge on any atom is 0.238 e. The number of hydrogen-bond donors (Lipinski definition) is 3. The molecular formula is C9H14ClN3O2S. The van der Waals surface area contributed by atoms with Gasteiger partial charge < -0.3 is 11.1 Å². The van der Waals surface area contributed by atoms with Crippen molar-refractivity contribution in [3.05, 3.63) is 23.2 Å². The Morgan fingerprint density at radius 2 is 2.06 bits per heavy atom. The summed E-state index contributed by atoms with van der Waals surface area (Å²) in [5.74, 6) is 0. The predicted octanol–water partition coefficient (Wildman–Crippen LogP) is 0.748. The van der Waals surface area contributed by atoms with Crippen LogP contribution in [0, 0.1) is 0 Å². The molecule has 0 spiro atoms. The summed E-state index contributed by atoms with van der Waals surface area (Å²) in [6, 6.07) is 4.27. The van der Waals surface area contributed by atoms with E-state index in [1.165, 1.54) is 18.2 Å². The number of primary sulfonamides is 1. The highest BCUT2D eigenvalue weighted by molar-refractivity contribution is 7.89. The lowest BCUT2D eigenvalue weighted by molar-refractivity contribution is 0.598. The average Bonchev–Trinajstić information content (AvgIpc) is 2.19. The third-order valence-corrected chi connectivity index (χ3v) is 3.20. The molecule has 0 aromatic heterocycles. The van der Waals surface area contributed by atoms with Crippen molar-refractivity contribution >= 4 is 27.3 Å². The van der Waals surface area contributed by atoms with Crippen molar-refractivity contribution in [2.24, 2.45) is 10.9 Å². The summed E-state index contributed by atoms with van der Waals surface area (Å²) < 4.78 is 22.2. The zero-order valence-electron chi connectivity index (χ0n) is 8.61. The van der Waals surface area contributed by atoms with Crippen LogP contribution in [0.2, 0.25) is 5.02 Å². The molecule has 1 rings (SSSR count). The molecule has 5 nitrogen and oxygen atoms in total. The van der Waals surface area contributed by atoms with Gasteiger partial charge in [-0.2, -0.15) is 0 Å². The first-order chi connectivity index (χ1) is 7.45. The molecule has 90 valence electrons. The zero-order valence-corrected chi connectivity index (χ0v) is 10.2. The SMILES string of the molecule is NCCCNc1cc(S(N)(=O)=O)ccc1Cl. The lowest BCUT2D eigenvalue weighted by atomic mass is 10.3. The van der Waals surface area contributed by atoms with Crippen LogP contribution in [0.15, 0.2) is 23.1 Å². The van der Waals surface area contributed by atoms with Crippen LogP contribution in [0.5, 0.6) is 0 Å². The molecule has 0 amide bonds. The van der Waals surface area contributed by atoms with Gasteiger partial charge >= 0.3 is 0 Å². The van der Waals surface area contributed by atoms with E-state index >= 15 is 0 Å². The van der Waals surface area contributed by atoms with Gasteiger partial charge in [0.2, 0.25) is 10.0 Å². The highest BCUT2D eigenvalue weighted by atomic mass is 35.5. The molecule has 0 aliphatic carbocycles. The molecule has 0 atom stereocenters. The van der Waals surface area contributed by atoms with Crippen LogP contribution in [0.3, 0.4) is 0 Å². The summed E-state index contributed by atoms with van der Waals surface area (Å²) in [7, 11) is -3.70. The van der Waals surface area contributed by atoms with Crippen LogP contribution in [0.4, 0.5) is 5.69 Å². The van der Waals surface area contributed by atoms with Crippen molar-refractivity contribution in [1.82, 2.24) is 0 Å². The van der Waals surface area contributed by atoms with Crippen molar-refractivity contribution in [2.75, 3.05) is 18.4 Å². The number of rotatable bonds is 5. The van der Waals surface area contributed by atoms with E-state index < -0.39 is 10.0 Å². The molecule has 1 aromatic carbocycles. The van der Waals surface area contributed by atoms with Gasteiger partial charge in [-0.15, -0.1) is 0 Å². The molecule has 0 saturated heterocycles. The van der Waals surface area contributed by atoms with Gasteiger partial charge in [0.1, 0.15) is 0 Å². The molecule has 0 fully saturated rings. The highest BCUT2D eigenvalue weighted by Crippen LogP contribution is 2.24. The van der Waals surface area contributed by atoms with Gasteiger partial charge in [0.05, 0.1) is 15.6 Å².